The minimum absolute atomic E-state index is 0.0324. The molecule has 0 aromatic heterocycles. The van der Waals surface area contributed by atoms with E-state index in [-0.39, 0.29) is 5.69 Å². The highest BCUT2D eigenvalue weighted by Crippen LogP contribution is 2.31. The van der Waals surface area contributed by atoms with Crippen LogP contribution in [0.2, 0.25) is 0 Å². The summed E-state index contributed by atoms with van der Waals surface area (Å²) in [5.74, 6) is 0.129. The molecule has 0 spiro atoms. The maximum absolute atomic E-state index is 12.9. The Morgan fingerprint density at radius 2 is 1.68 bits per heavy atom. The lowest BCUT2D eigenvalue weighted by Crippen LogP contribution is -2.48. The molecule has 1 amide bonds. The monoisotopic (exact) mass is 543 g/mol. The standard InChI is InChI=1S/C28H28F3N3O3S/c1-36-25-16-21(27(38)34-14-12-33(13-15-34)18-20-6-3-2-4-7-20)10-11-24(25)37-19-26(35)32-23-9-5-8-22(17-23)28(29,30)31/h2-11,16-17H,12-15,18-19H2,1H3,(H,32,35). The molecule has 200 valence electrons. The molecule has 1 saturated heterocycles. The Hall–Kier alpha value is -3.63. The average molecular weight is 544 g/mol. The fourth-order valence-electron chi connectivity index (χ4n) is 4.17. The van der Waals surface area contributed by atoms with Crippen molar-refractivity contribution >= 4 is 28.8 Å². The predicted octanol–water partition coefficient (Wildman–Crippen LogP) is 5.22. The zero-order valence-corrected chi connectivity index (χ0v) is 21.6. The second-order valence-corrected chi connectivity index (χ2v) is 9.22. The lowest BCUT2D eigenvalue weighted by molar-refractivity contribution is -0.137. The predicted molar refractivity (Wildman–Crippen MR) is 144 cm³/mol. The van der Waals surface area contributed by atoms with Gasteiger partial charge in [0.15, 0.2) is 18.1 Å². The molecular weight excluding hydrogens is 515 g/mol. The van der Waals surface area contributed by atoms with E-state index in [1.807, 2.05) is 18.2 Å². The Morgan fingerprint density at radius 3 is 2.37 bits per heavy atom. The van der Waals surface area contributed by atoms with Gasteiger partial charge >= 0.3 is 6.18 Å². The molecule has 0 atom stereocenters. The van der Waals surface area contributed by atoms with Crippen LogP contribution in [0.3, 0.4) is 0 Å². The molecular formula is C28H28F3N3O3S. The summed E-state index contributed by atoms with van der Waals surface area (Å²) in [7, 11) is 1.49. The van der Waals surface area contributed by atoms with E-state index in [1.54, 1.807) is 18.2 Å². The van der Waals surface area contributed by atoms with Gasteiger partial charge in [-0.25, -0.2) is 0 Å². The van der Waals surface area contributed by atoms with Gasteiger partial charge in [0.2, 0.25) is 0 Å². The van der Waals surface area contributed by atoms with Crippen molar-refractivity contribution in [2.24, 2.45) is 0 Å². The smallest absolute Gasteiger partial charge is 0.416 e. The highest BCUT2D eigenvalue weighted by Gasteiger charge is 2.30. The molecule has 0 radical (unpaired) electrons. The van der Waals surface area contributed by atoms with Crippen LogP contribution in [-0.4, -0.2) is 60.6 Å². The van der Waals surface area contributed by atoms with Crippen LogP contribution in [0.15, 0.2) is 72.8 Å². The summed E-state index contributed by atoms with van der Waals surface area (Å²) in [5.41, 5.74) is 1.27. The summed E-state index contributed by atoms with van der Waals surface area (Å²) in [6.07, 6.45) is -4.50. The fraction of sp³-hybridized carbons (Fsp3) is 0.286. The van der Waals surface area contributed by atoms with Gasteiger partial charge in [0.05, 0.1) is 12.7 Å². The van der Waals surface area contributed by atoms with Gasteiger partial charge in [-0.3, -0.25) is 9.69 Å². The third-order valence-corrected chi connectivity index (χ3v) is 6.65. The van der Waals surface area contributed by atoms with Crippen molar-refractivity contribution in [2.75, 3.05) is 45.2 Å². The third-order valence-electron chi connectivity index (χ3n) is 6.15. The van der Waals surface area contributed by atoms with Crippen LogP contribution in [0, 0.1) is 0 Å². The molecule has 1 N–H and O–H groups in total. The Bertz CT molecular complexity index is 1260. The number of carbonyl (C=O) groups excluding carboxylic acids is 1. The highest BCUT2D eigenvalue weighted by atomic mass is 32.1. The zero-order chi connectivity index (χ0) is 27.1. The van der Waals surface area contributed by atoms with Gasteiger partial charge in [-0.1, -0.05) is 48.6 Å². The zero-order valence-electron chi connectivity index (χ0n) is 20.8. The number of hydrogen-bond donors (Lipinski definition) is 1. The van der Waals surface area contributed by atoms with E-state index in [0.717, 1.165) is 50.4 Å². The van der Waals surface area contributed by atoms with Crippen LogP contribution >= 0.6 is 12.2 Å². The van der Waals surface area contributed by atoms with Gasteiger partial charge in [0.25, 0.3) is 5.91 Å². The third kappa shape index (κ3) is 7.23. The van der Waals surface area contributed by atoms with Crippen molar-refractivity contribution in [1.82, 2.24) is 9.80 Å². The number of alkyl halides is 3. The number of ether oxygens (including phenoxy) is 2. The summed E-state index contributed by atoms with van der Waals surface area (Å²) in [5, 5.41) is 2.42. The molecule has 3 aromatic carbocycles. The Balaban J connectivity index is 1.31. The molecule has 3 aromatic rings. The molecule has 1 aliphatic heterocycles. The Kier molecular flexibility index (Phi) is 8.85. The largest absolute Gasteiger partial charge is 0.493 e. The van der Waals surface area contributed by atoms with E-state index in [4.69, 9.17) is 21.7 Å². The van der Waals surface area contributed by atoms with E-state index >= 15 is 0 Å². The number of nitrogens with zero attached hydrogens (tertiary/aromatic N) is 2. The van der Waals surface area contributed by atoms with Crippen LogP contribution in [0.5, 0.6) is 11.5 Å². The molecule has 4 rings (SSSR count). The van der Waals surface area contributed by atoms with Gasteiger partial charge in [0, 0.05) is 44.0 Å². The van der Waals surface area contributed by atoms with Crippen molar-refractivity contribution in [3.8, 4) is 11.5 Å². The Labute approximate surface area is 225 Å². The van der Waals surface area contributed by atoms with Crippen molar-refractivity contribution in [1.29, 1.82) is 0 Å². The van der Waals surface area contributed by atoms with Crippen molar-refractivity contribution in [3.05, 3.63) is 89.5 Å². The first-order valence-corrected chi connectivity index (χ1v) is 12.5. The number of carbonyl (C=O) groups is 1. The van der Waals surface area contributed by atoms with Crippen molar-refractivity contribution in [2.45, 2.75) is 12.7 Å². The lowest BCUT2D eigenvalue weighted by atomic mass is 10.1. The summed E-state index contributed by atoms with van der Waals surface area (Å²) < 4.78 is 49.7. The van der Waals surface area contributed by atoms with Gasteiger partial charge in [-0.2, -0.15) is 13.2 Å². The SMILES string of the molecule is COc1cc(C(=S)N2CCN(Cc3ccccc3)CC2)ccc1OCC(=O)Nc1cccc(C(F)(F)F)c1. The van der Waals surface area contributed by atoms with E-state index in [2.05, 4.69) is 27.2 Å². The van der Waals surface area contributed by atoms with Crippen LogP contribution in [0.25, 0.3) is 0 Å². The number of methoxy groups -OCH3 is 1. The van der Waals surface area contributed by atoms with E-state index in [9.17, 15) is 18.0 Å². The molecule has 1 heterocycles. The fourth-order valence-corrected chi connectivity index (χ4v) is 4.48. The highest BCUT2D eigenvalue weighted by molar-refractivity contribution is 7.80. The topological polar surface area (TPSA) is 54.0 Å². The number of anilines is 1. The van der Waals surface area contributed by atoms with E-state index < -0.39 is 24.3 Å². The van der Waals surface area contributed by atoms with Crippen molar-refractivity contribution < 1.29 is 27.4 Å². The summed E-state index contributed by atoms with van der Waals surface area (Å²) in [6.45, 7) is 3.91. The molecule has 1 fully saturated rings. The first-order valence-electron chi connectivity index (χ1n) is 12.1. The first-order chi connectivity index (χ1) is 18.2. The molecule has 6 nitrogen and oxygen atoms in total. The quantitative estimate of drug-likeness (QED) is 0.393. The maximum Gasteiger partial charge on any atom is 0.416 e. The average Bonchev–Trinajstić information content (AvgIpc) is 2.92. The van der Waals surface area contributed by atoms with Crippen molar-refractivity contribution in [3.63, 3.8) is 0 Å². The Morgan fingerprint density at radius 1 is 0.947 bits per heavy atom. The summed E-state index contributed by atoms with van der Waals surface area (Å²) in [4.78, 5) is 17.5. The summed E-state index contributed by atoms with van der Waals surface area (Å²) >= 11 is 5.74. The number of rotatable bonds is 8. The van der Waals surface area contributed by atoms with E-state index in [1.165, 1.54) is 24.8 Å². The molecule has 1 aliphatic rings. The molecule has 0 aliphatic carbocycles. The van der Waals surface area contributed by atoms with Gasteiger partial charge in [-0.05, 0) is 42.0 Å². The van der Waals surface area contributed by atoms with Gasteiger partial charge < -0.3 is 19.7 Å². The van der Waals surface area contributed by atoms with Crippen LogP contribution in [0.1, 0.15) is 16.7 Å². The number of hydrogen-bond acceptors (Lipinski definition) is 5. The maximum atomic E-state index is 12.9. The number of piperazine rings is 1. The minimum atomic E-state index is -4.50. The van der Waals surface area contributed by atoms with Crippen LogP contribution in [0.4, 0.5) is 18.9 Å². The van der Waals surface area contributed by atoms with Gasteiger partial charge in [-0.15, -0.1) is 0 Å². The molecule has 0 unspecified atom stereocenters. The van der Waals surface area contributed by atoms with Crippen LogP contribution < -0.4 is 14.8 Å². The molecule has 38 heavy (non-hydrogen) atoms. The van der Waals surface area contributed by atoms with Crippen LogP contribution in [-0.2, 0) is 17.5 Å². The number of benzene rings is 3. The molecule has 0 saturated carbocycles. The van der Waals surface area contributed by atoms with Gasteiger partial charge in [0.1, 0.15) is 4.99 Å². The first kappa shape index (κ1) is 27.4. The second kappa shape index (κ2) is 12.3. The molecule has 0 bridgehead atoms. The number of nitrogens with one attached hydrogen (secondary N) is 1. The number of amides is 1. The minimum Gasteiger partial charge on any atom is -0.493 e. The molecule has 10 heteroatoms. The normalized spacial score (nSPS) is 14.2. The second-order valence-electron chi connectivity index (χ2n) is 8.84. The summed E-state index contributed by atoms with van der Waals surface area (Å²) in [6, 6.07) is 20.0. The van der Waals surface area contributed by atoms with E-state index in [0.29, 0.717) is 16.5 Å². The number of thiocarbonyl (C=S) groups is 1. The number of halogens is 3. The lowest BCUT2D eigenvalue weighted by Gasteiger charge is -2.36.